The average Bonchev–Trinajstić information content (AvgIpc) is 2.42. The zero-order valence-corrected chi connectivity index (χ0v) is 12.3. The monoisotopic (exact) mass is 297 g/mol. The first-order valence-corrected chi connectivity index (χ1v) is 7.66. The number of hydrogen-bond donors (Lipinski definition) is 2. The van der Waals surface area contributed by atoms with Gasteiger partial charge in [0.05, 0.1) is 10.6 Å². The Hall–Kier alpha value is -0.960. The second-order valence-electron chi connectivity index (χ2n) is 4.58. The molecule has 2 rings (SSSR count). The van der Waals surface area contributed by atoms with E-state index in [1.54, 1.807) is 23.9 Å². The molecule has 1 saturated carbocycles. The number of aromatic nitrogens is 1. The molecule has 0 aliphatic heterocycles. The van der Waals surface area contributed by atoms with Gasteiger partial charge in [0, 0.05) is 11.8 Å². The van der Waals surface area contributed by atoms with Crippen LogP contribution in [0.4, 0.5) is 5.82 Å². The van der Waals surface area contributed by atoms with E-state index in [0.717, 1.165) is 18.6 Å². The summed E-state index contributed by atoms with van der Waals surface area (Å²) >= 11 is 7.61. The quantitative estimate of drug-likeness (QED) is 0.874. The van der Waals surface area contributed by atoms with Crippen molar-refractivity contribution in [3.8, 4) is 6.07 Å². The molecule has 102 valence electrons. The number of pyridine rings is 1. The summed E-state index contributed by atoms with van der Waals surface area (Å²) in [7, 11) is 0. The van der Waals surface area contributed by atoms with Gasteiger partial charge in [-0.1, -0.05) is 18.5 Å². The Morgan fingerprint density at radius 2 is 2.47 bits per heavy atom. The Bertz CT molecular complexity index is 505. The fraction of sp³-hybridized carbons (Fsp3) is 0.538. The van der Waals surface area contributed by atoms with E-state index in [2.05, 4.69) is 17.2 Å². The van der Waals surface area contributed by atoms with Crippen molar-refractivity contribution in [2.45, 2.75) is 30.6 Å². The Morgan fingerprint density at radius 1 is 1.68 bits per heavy atom. The fourth-order valence-electron chi connectivity index (χ4n) is 2.10. The Labute approximate surface area is 122 Å². The summed E-state index contributed by atoms with van der Waals surface area (Å²) in [6, 6.07) is 5.29. The molecule has 0 radical (unpaired) electrons. The molecule has 1 aliphatic carbocycles. The summed E-state index contributed by atoms with van der Waals surface area (Å²) in [5.74, 6) is 1.58. The molecule has 0 saturated heterocycles. The van der Waals surface area contributed by atoms with E-state index < -0.39 is 5.60 Å². The van der Waals surface area contributed by atoms with Crippen molar-refractivity contribution in [2.75, 3.05) is 17.6 Å². The van der Waals surface area contributed by atoms with Crippen LogP contribution >= 0.6 is 23.4 Å². The number of nitriles is 1. The van der Waals surface area contributed by atoms with Crippen molar-refractivity contribution in [2.24, 2.45) is 0 Å². The highest BCUT2D eigenvalue weighted by Crippen LogP contribution is 2.41. The summed E-state index contributed by atoms with van der Waals surface area (Å²) in [6.07, 6.45) is 1.85. The van der Waals surface area contributed by atoms with E-state index in [-0.39, 0.29) is 10.9 Å². The molecule has 4 nitrogen and oxygen atoms in total. The molecule has 0 aromatic carbocycles. The van der Waals surface area contributed by atoms with Gasteiger partial charge in [-0.15, -0.1) is 0 Å². The van der Waals surface area contributed by atoms with Crippen LogP contribution in [-0.2, 0) is 0 Å². The predicted molar refractivity (Wildman–Crippen MR) is 78.6 cm³/mol. The zero-order valence-electron chi connectivity index (χ0n) is 10.7. The first-order chi connectivity index (χ1) is 9.09. The summed E-state index contributed by atoms with van der Waals surface area (Å²) in [4.78, 5) is 4.10. The van der Waals surface area contributed by atoms with E-state index >= 15 is 0 Å². The van der Waals surface area contributed by atoms with Crippen LogP contribution in [0.15, 0.2) is 12.1 Å². The predicted octanol–water partition coefficient (Wildman–Crippen LogP) is 2.67. The highest BCUT2D eigenvalue weighted by Gasteiger charge is 2.44. The van der Waals surface area contributed by atoms with Crippen molar-refractivity contribution in [1.82, 2.24) is 4.98 Å². The average molecular weight is 298 g/mol. The smallest absolute Gasteiger partial charge is 0.161 e. The minimum absolute atomic E-state index is 0.201. The van der Waals surface area contributed by atoms with E-state index in [0.29, 0.717) is 17.4 Å². The van der Waals surface area contributed by atoms with Crippen LogP contribution in [-0.4, -0.2) is 33.2 Å². The second kappa shape index (κ2) is 6.00. The number of rotatable bonds is 5. The molecule has 2 N–H and O–H groups in total. The van der Waals surface area contributed by atoms with Crippen LogP contribution in [0.2, 0.25) is 5.02 Å². The van der Waals surface area contributed by atoms with Crippen LogP contribution in [0.25, 0.3) is 0 Å². The third kappa shape index (κ3) is 3.14. The van der Waals surface area contributed by atoms with E-state index in [1.807, 2.05) is 6.07 Å². The number of anilines is 1. The number of halogens is 1. The highest BCUT2D eigenvalue weighted by atomic mass is 35.5. The first-order valence-electron chi connectivity index (χ1n) is 6.23. The third-order valence-electron chi connectivity index (χ3n) is 3.33. The maximum absolute atomic E-state index is 10.4. The standard InChI is InChI=1S/C13H16ClN3OS/c1-2-19-11-5-6-13(11,18)8-16-12-4-3-9(14)10(7-15)17-12/h3-4,11,18H,2,5-6,8H2,1H3,(H,16,17). The van der Waals surface area contributed by atoms with Gasteiger partial charge >= 0.3 is 0 Å². The second-order valence-corrected chi connectivity index (χ2v) is 6.47. The van der Waals surface area contributed by atoms with Gasteiger partial charge in [-0.3, -0.25) is 0 Å². The van der Waals surface area contributed by atoms with Gasteiger partial charge in [0.2, 0.25) is 0 Å². The van der Waals surface area contributed by atoms with Gasteiger partial charge in [-0.2, -0.15) is 17.0 Å². The molecule has 2 unspecified atom stereocenters. The minimum Gasteiger partial charge on any atom is -0.387 e. The lowest BCUT2D eigenvalue weighted by molar-refractivity contribution is -0.0120. The van der Waals surface area contributed by atoms with Crippen molar-refractivity contribution in [3.05, 3.63) is 22.8 Å². The maximum Gasteiger partial charge on any atom is 0.161 e. The highest BCUT2D eigenvalue weighted by molar-refractivity contribution is 8.00. The van der Waals surface area contributed by atoms with E-state index in [1.165, 1.54) is 0 Å². The van der Waals surface area contributed by atoms with Crippen LogP contribution in [0.1, 0.15) is 25.5 Å². The largest absolute Gasteiger partial charge is 0.387 e. The topological polar surface area (TPSA) is 68.9 Å². The van der Waals surface area contributed by atoms with Gasteiger partial charge in [0.15, 0.2) is 5.69 Å². The Balaban J connectivity index is 1.97. The van der Waals surface area contributed by atoms with Crippen molar-refractivity contribution < 1.29 is 5.11 Å². The van der Waals surface area contributed by atoms with Crippen molar-refractivity contribution >= 4 is 29.2 Å². The molecule has 2 atom stereocenters. The fourth-order valence-corrected chi connectivity index (χ4v) is 3.45. The molecule has 19 heavy (non-hydrogen) atoms. The van der Waals surface area contributed by atoms with Gasteiger partial charge < -0.3 is 10.4 Å². The van der Waals surface area contributed by atoms with E-state index in [9.17, 15) is 5.11 Å². The molecule has 0 spiro atoms. The van der Waals surface area contributed by atoms with Gasteiger partial charge in [0.25, 0.3) is 0 Å². The summed E-state index contributed by atoms with van der Waals surface area (Å²) < 4.78 is 0. The maximum atomic E-state index is 10.4. The lowest BCUT2D eigenvalue weighted by Gasteiger charge is -2.45. The van der Waals surface area contributed by atoms with Gasteiger partial charge in [0.1, 0.15) is 11.9 Å². The SMILES string of the molecule is CCSC1CCC1(O)CNc1ccc(Cl)c(C#N)n1. The molecule has 1 aliphatic rings. The van der Waals surface area contributed by atoms with Crippen LogP contribution < -0.4 is 5.32 Å². The lowest BCUT2D eigenvalue weighted by Crippen LogP contribution is -2.54. The Morgan fingerprint density at radius 3 is 3.05 bits per heavy atom. The van der Waals surface area contributed by atoms with Crippen molar-refractivity contribution in [1.29, 1.82) is 5.26 Å². The van der Waals surface area contributed by atoms with E-state index in [4.69, 9.17) is 16.9 Å². The number of hydrogen-bond acceptors (Lipinski definition) is 5. The normalized spacial score (nSPS) is 25.5. The summed E-state index contributed by atoms with van der Waals surface area (Å²) in [6.45, 7) is 2.54. The molecule has 1 heterocycles. The van der Waals surface area contributed by atoms with Gasteiger partial charge in [-0.05, 0) is 30.7 Å². The summed E-state index contributed by atoms with van der Waals surface area (Å²) in [5, 5.41) is 23.0. The molecular weight excluding hydrogens is 282 g/mol. The lowest BCUT2D eigenvalue weighted by atomic mass is 9.79. The van der Waals surface area contributed by atoms with Crippen LogP contribution in [0.5, 0.6) is 0 Å². The number of aliphatic hydroxyl groups is 1. The molecule has 0 bridgehead atoms. The molecule has 1 aromatic heterocycles. The molecular formula is C13H16ClN3OS. The molecule has 1 fully saturated rings. The number of nitrogens with one attached hydrogen (secondary N) is 1. The number of thioether (sulfide) groups is 1. The third-order valence-corrected chi connectivity index (χ3v) is 5.05. The first kappa shape index (κ1) is 14.4. The minimum atomic E-state index is -0.672. The molecule has 1 aromatic rings. The van der Waals surface area contributed by atoms with Crippen LogP contribution in [0.3, 0.4) is 0 Å². The molecule has 0 amide bonds. The van der Waals surface area contributed by atoms with Crippen LogP contribution in [0, 0.1) is 11.3 Å². The molecule has 6 heteroatoms. The summed E-state index contributed by atoms with van der Waals surface area (Å²) in [5.41, 5.74) is -0.471. The zero-order chi connectivity index (χ0) is 13.9. The van der Waals surface area contributed by atoms with Crippen molar-refractivity contribution in [3.63, 3.8) is 0 Å². The Kier molecular flexibility index (Phi) is 4.56. The van der Waals surface area contributed by atoms with Gasteiger partial charge in [-0.25, -0.2) is 4.98 Å². The number of nitrogens with zero attached hydrogens (tertiary/aromatic N) is 2.